The van der Waals surface area contributed by atoms with Gasteiger partial charge in [0, 0.05) is 44.0 Å². The fourth-order valence-corrected chi connectivity index (χ4v) is 3.02. The van der Waals surface area contributed by atoms with Crippen LogP contribution in [0.4, 0.5) is 11.5 Å². The predicted octanol–water partition coefficient (Wildman–Crippen LogP) is 0.778. The van der Waals surface area contributed by atoms with Crippen molar-refractivity contribution in [1.29, 1.82) is 0 Å². The van der Waals surface area contributed by atoms with Gasteiger partial charge in [-0.15, -0.1) is 0 Å². The van der Waals surface area contributed by atoms with Crippen molar-refractivity contribution in [1.82, 2.24) is 14.9 Å². The lowest BCUT2D eigenvalue weighted by molar-refractivity contribution is -0.118. The summed E-state index contributed by atoms with van der Waals surface area (Å²) in [5, 5.41) is 2.82. The predicted molar refractivity (Wildman–Crippen MR) is 97.3 cm³/mol. The zero-order valence-electron chi connectivity index (χ0n) is 14.6. The molecule has 140 valence electrons. The molecule has 4 rings (SSSR count). The Bertz CT molecular complexity index is 851. The second-order valence-corrected chi connectivity index (χ2v) is 6.20. The van der Waals surface area contributed by atoms with E-state index in [0.717, 1.165) is 6.41 Å². The summed E-state index contributed by atoms with van der Waals surface area (Å²) in [7, 11) is 0. The molecule has 0 atom stereocenters. The molecule has 27 heavy (non-hydrogen) atoms. The number of hydrogen-bond acceptors (Lipinski definition) is 7. The van der Waals surface area contributed by atoms with Crippen LogP contribution in [0.1, 0.15) is 10.5 Å². The molecule has 0 aliphatic carbocycles. The molecule has 1 saturated heterocycles. The van der Waals surface area contributed by atoms with E-state index >= 15 is 0 Å². The van der Waals surface area contributed by atoms with Crippen LogP contribution in [-0.4, -0.2) is 66.6 Å². The third kappa shape index (κ3) is 3.76. The standard InChI is InChI=1S/C18H19N5O4/c24-12-22-3-5-23(6-4-22)17-10-14(19-11-20-17)18(25)21-13-1-2-15-16(9-13)27-8-7-26-15/h1-2,9-12H,3-8H2,(H,21,25). The Morgan fingerprint density at radius 1 is 1.04 bits per heavy atom. The zero-order chi connectivity index (χ0) is 18.6. The van der Waals surface area contributed by atoms with Gasteiger partial charge in [-0.25, -0.2) is 9.97 Å². The van der Waals surface area contributed by atoms with Crippen LogP contribution in [0.5, 0.6) is 11.5 Å². The van der Waals surface area contributed by atoms with Crippen molar-refractivity contribution >= 4 is 23.8 Å². The minimum Gasteiger partial charge on any atom is -0.486 e. The third-order valence-corrected chi connectivity index (χ3v) is 4.47. The average Bonchev–Trinajstić information content (AvgIpc) is 2.74. The average molecular weight is 369 g/mol. The highest BCUT2D eigenvalue weighted by molar-refractivity contribution is 6.03. The van der Waals surface area contributed by atoms with Gasteiger partial charge in [0.1, 0.15) is 31.1 Å². The first kappa shape index (κ1) is 17.1. The molecule has 2 aliphatic rings. The first-order valence-electron chi connectivity index (χ1n) is 8.70. The van der Waals surface area contributed by atoms with Crippen LogP contribution in [0.15, 0.2) is 30.6 Å². The number of carbonyl (C=O) groups is 2. The van der Waals surface area contributed by atoms with Crippen molar-refractivity contribution in [3.8, 4) is 11.5 Å². The number of ether oxygens (including phenoxy) is 2. The van der Waals surface area contributed by atoms with Gasteiger partial charge in [0.2, 0.25) is 6.41 Å². The van der Waals surface area contributed by atoms with Crippen molar-refractivity contribution < 1.29 is 19.1 Å². The molecule has 0 spiro atoms. The normalized spacial score (nSPS) is 16.0. The maximum atomic E-state index is 12.6. The van der Waals surface area contributed by atoms with E-state index in [1.54, 1.807) is 29.2 Å². The summed E-state index contributed by atoms with van der Waals surface area (Å²) >= 11 is 0. The molecular weight excluding hydrogens is 350 g/mol. The molecule has 1 N–H and O–H groups in total. The molecule has 1 fully saturated rings. The molecule has 2 aromatic rings. The van der Waals surface area contributed by atoms with Crippen molar-refractivity contribution in [3.63, 3.8) is 0 Å². The van der Waals surface area contributed by atoms with Gasteiger partial charge in [0.05, 0.1) is 0 Å². The van der Waals surface area contributed by atoms with Gasteiger partial charge in [0.15, 0.2) is 11.5 Å². The van der Waals surface area contributed by atoms with Crippen LogP contribution in [0, 0.1) is 0 Å². The van der Waals surface area contributed by atoms with Gasteiger partial charge < -0.3 is 24.6 Å². The smallest absolute Gasteiger partial charge is 0.274 e. The molecule has 1 aromatic heterocycles. The number of carbonyl (C=O) groups excluding carboxylic acids is 2. The summed E-state index contributed by atoms with van der Waals surface area (Å²) in [5.41, 5.74) is 0.872. The summed E-state index contributed by atoms with van der Waals surface area (Å²) in [6, 6.07) is 6.91. The molecule has 9 heteroatoms. The van der Waals surface area contributed by atoms with E-state index in [9.17, 15) is 9.59 Å². The lowest BCUT2D eigenvalue weighted by atomic mass is 10.2. The number of fused-ring (bicyclic) bond motifs is 1. The summed E-state index contributed by atoms with van der Waals surface area (Å²) in [6.45, 7) is 3.59. The van der Waals surface area contributed by atoms with Crippen molar-refractivity contribution in [2.45, 2.75) is 0 Å². The quantitative estimate of drug-likeness (QED) is 0.796. The molecule has 1 aromatic carbocycles. The fourth-order valence-electron chi connectivity index (χ4n) is 3.02. The van der Waals surface area contributed by atoms with Gasteiger partial charge in [0.25, 0.3) is 5.91 Å². The Kier molecular flexibility index (Phi) is 4.73. The number of aromatic nitrogens is 2. The second kappa shape index (κ2) is 7.48. The number of piperazine rings is 1. The van der Waals surface area contributed by atoms with Crippen LogP contribution < -0.4 is 19.7 Å². The highest BCUT2D eigenvalue weighted by Crippen LogP contribution is 2.32. The Morgan fingerprint density at radius 2 is 1.81 bits per heavy atom. The third-order valence-electron chi connectivity index (χ3n) is 4.47. The van der Waals surface area contributed by atoms with Crippen LogP contribution in [0.3, 0.4) is 0 Å². The molecule has 2 amide bonds. The largest absolute Gasteiger partial charge is 0.486 e. The SMILES string of the molecule is O=CN1CCN(c2cc(C(=O)Nc3ccc4c(c3)OCCO4)ncn2)CC1. The number of nitrogens with zero attached hydrogens (tertiary/aromatic N) is 4. The molecule has 0 radical (unpaired) electrons. The van der Waals surface area contributed by atoms with Gasteiger partial charge >= 0.3 is 0 Å². The van der Waals surface area contributed by atoms with E-state index in [0.29, 0.717) is 62.4 Å². The van der Waals surface area contributed by atoms with E-state index in [1.165, 1.54) is 6.33 Å². The summed E-state index contributed by atoms with van der Waals surface area (Å²) in [6.07, 6.45) is 2.23. The van der Waals surface area contributed by atoms with E-state index in [-0.39, 0.29) is 11.6 Å². The number of nitrogens with one attached hydrogen (secondary N) is 1. The van der Waals surface area contributed by atoms with Crippen LogP contribution >= 0.6 is 0 Å². The lowest BCUT2D eigenvalue weighted by Gasteiger charge is -2.33. The Morgan fingerprint density at radius 3 is 2.59 bits per heavy atom. The van der Waals surface area contributed by atoms with Crippen molar-refractivity contribution in [2.24, 2.45) is 0 Å². The van der Waals surface area contributed by atoms with Crippen molar-refractivity contribution in [2.75, 3.05) is 49.6 Å². The Labute approximate surface area is 155 Å². The Balaban J connectivity index is 1.45. The minimum absolute atomic E-state index is 0.271. The number of benzene rings is 1. The molecule has 3 heterocycles. The summed E-state index contributed by atoms with van der Waals surface area (Å²) in [5.74, 6) is 1.61. The van der Waals surface area contributed by atoms with Crippen LogP contribution in [0.25, 0.3) is 0 Å². The second-order valence-electron chi connectivity index (χ2n) is 6.20. The molecule has 2 aliphatic heterocycles. The van der Waals surface area contributed by atoms with Gasteiger partial charge in [-0.1, -0.05) is 0 Å². The summed E-state index contributed by atoms with van der Waals surface area (Å²) < 4.78 is 11.0. The lowest BCUT2D eigenvalue weighted by Crippen LogP contribution is -2.46. The van der Waals surface area contributed by atoms with Crippen LogP contribution in [-0.2, 0) is 4.79 Å². The number of amides is 2. The Hall–Kier alpha value is -3.36. The highest BCUT2D eigenvalue weighted by Gasteiger charge is 2.19. The van der Waals surface area contributed by atoms with E-state index < -0.39 is 0 Å². The van der Waals surface area contributed by atoms with Gasteiger partial charge in [-0.3, -0.25) is 9.59 Å². The molecule has 9 nitrogen and oxygen atoms in total. The molecule has 0 bridgehead atoms. The van der Waals surface area contributed by atoms with E-state index in [2.05, 4.69) is 15.3 Å². The van der Waals surface area contributed by atoms with Gasteiger partial charge in [-0.2, -0.15) is 0 Å². The zero-order valence-corrected chi connectivity index (χ0v) is 14.6. The monoisotopic (exact) mass is 369 g/mol. The molecule has 0 saturated carbocycles. The number of anilines is 2. The van der Waals surface area contributed by atoms with Crippen molar-refractivity contribution in [3.05, 3.63) is 36.3 Å². The molecular formula is C18H19N5O4. The highest BCUT2D eigenvalue weighted by atomic mass is 16.6. The fraction of sp³-hybridized carbons (Fsp3) is 0.333. The topological polar surface area (TPSA) is 96.9 Å². The van der Waals surface area contributed by atoms with E-state index in [4.69, 9.17) is 9.47 Å². The number of hydrogen-bond donors (Lipinski definition) is 1. The summed E-state index contributed by atoms with van der Waals surface area (Å²) in [4.78, 5) is 35.5. The maximum absolute atomic E-state index is 12.6. The minimum atomic E-state index is -0.332. The van der Waals surface area contributed by atoms with E-state index in [1.807, 2.05) is 4.90 Å². The maximum Gasteiger partial charge on any atom is 0.274 e. The molecule has 0 unspecified atom stereocenters. The van der Waals surface area contributed by atoms with Crippen LogP contribution in [0.2, 0.25) is 0 Å². The first-order chi connectivity index (χ1) is 13.2. The van der Waals surface area contributed by atoms with Gasteiger partial charge in [-0.05, 0) is 12.1 Å². The number of rotatable bonds is 4. The first-order valence-corrected chi connectivity index (χ1v) is 8.70.